The maximum Gasteiger partial charge on any atom is 0.186 e. The first-order valence-corrected chi connectivity index (χ1v) is 5.56. The van der Waals surface area contributed by atoms with Crippen LogP contribution in [0, 0.1) is 0 Å². The lowest BCUT2D eigenvalue weighted by Gasteiger charge is -2.28. The summed E-state index contributed by atoms with van der Waals surface area (Å²) in [6.45, 7) is 3.96. The summed E-state index contributed by atoms with van der Waals surface area (Å²) in [5.41, 5.74) is 0. The van der Waals surface area contributed by atoms with E-state index in [1.165, 1.54) is 11.8 Å². The van der Waals surface area contributed by atoms with E-state index in [-0.39, 0.29) is 16.1 Å². The van der Waals surface area contributed by atoms with Crippen molar-refractivity contribution in [1.82, 2.24) is 0 Å². The average molecular weight is 218 g/mol. The molecule has 0 aromatic carbocycles. The number of nitrogens with zero attached hydrogens (tertiary/aromatic N) is 1. The van der Waals surface area contributed by atoms with Crippen LogP contribution in [0.5, 0.6) is 0 Å². The van der Waals surface area contributed by atoms with E-state index < -0.39 is 0 Å². The summed E-state index contributed by atoms with van der Waals surface area (Å²) in [5.74, 6) is 0.150. The van der Waals surface area contributed by atoms with Crippen molar-refractivity contribution >= 4 is 22.7 Å². The highest BCUT2D eigenvalue weighted by Gasteiger charge is 2.21. The summed E-state index contributed by atoms with van der Waals surface area (Å²) >= 11 is 1.28. The summed E-state index contributed by atoms with van der Waals surface area (Å²) in [5, 5.41) is 0.203. The Balaban J connectivity index is 4.24. The lowest BCUT2D eigenvalue weighted by atomic mass is 10.2. The molecule has 3 nitrogen and oxygen atoms in total. The highest BCUT2D eigenvalue weighted by Crippen LogP contribution is 2.18. The Bertz CT molecular complexity index is 205. The fourth-order valence-corrected chi connectivity index (χ4v) is 2.62. The zero-order valence-electron chi connectivity index (χ0n) is 9.66. The minimum absolute atomic E-state index is 0.0877. The Morgan fingerprint density at radius 3 is 2.00 bits per heavy atom. The zero-order valence-corrected chi connectivity index (χ0v) is 10.5. The third-order valence-corrected chi connectivity index (χ3v) is 2.58. The number of Topliss-reactive ketones (excluding diaryl/α,β-unsaturated/α-hetero) is 1. The second-order valence-corrected chi connectivity index (χ2v) is 6.09. The van der Waals surface area contributed by atoms with E-state index in [4.69, 9.17) is 0 Å². The van der Waals surface area contributed by atoms with Gasteiger partial charge in [-0.3, -0.25) is 9.59 Å². The molecule has 0 saturated carbocycles. The summed E-state index contributed by atoms with van der Waals surface area (Å²) in [7, 11) is 6.19. The molecule has 0 aliphatic heterocycles. The molecule has 0 N–H and O–H groups in total. The minimum Gasteiger partial charge on any atom is -0.330 e. The normalized spacial score (nSPS) is 13.8. The van der Waals surface area contributed by atoms with Crippen molar-refractivity contribution in [3.63, 3.8) is 0 Å². The topological polar surface area (TPSA) is 34.1 Å². The Morgan fingerprint density at radius 1 is 1.21 bits per heavy atom. The summed E-state index contributed by atoms with van der Waals surface area (Å²) in [6, 6.07) is 0. The van der Waals surface area contributed by atoms with Crippen molar-refractivity contribution < 1.29 is 14.1 Å². The van der Waals surface area contributed by atoms with Crippen LogP contribution in [0.3, 0.4) is 0 Å². The van der Waals surface area contributed by atoms with Crippen LogP contribution in [-0.4, -0.2) is 48.3 Å². The SMILES string of the molecule is CC(=O)CC(C[N+](C)(C)C)SC(C)=O. The molecule has 0 spiro atoms. The Hall–Kier alpha value is -0.350. The molecule has 0 radical (unpaired) electrons. The lowest BCUT2D eigenvalue weighted by molar-refractivity contribution is -0.869. The molecule has 0 saturated heterocycles. The Labute approximate surface area is 90.4 Å². The third-order valence-electron chi connectivity index (χ3n) is 1.60. The predicted octanol–water partition coefficient (Wildman–Crippen LogP) is 1.32. The smallest absolute Gasteiger partial charge is 0.186 e. The lowest BCUT2D eigenvalue weighted by Crippen LogP contribution is -2.41. The first-order valence-electron chi connectivity index (χ1n) is 4.68. The van der Waals surface area contributed by atoms with Gasteiger partial charge in [0.25, 0.3) is 0 Å². The monoisotopic (exact) mass is 218 g/mol. The molecular weight excluding hydrogens is 198 g/mol. The van der Waals surface area contributed by atoms with Crippen LogP contribution in [0.25, 0.3) is 0 Å². The molecule has 82 valence electrons. The number of carbonyl (C=O) groups is 2. The van der Waals surface area contributed by atoms with Gasteiger partial charge < -0.3 is 4.48 Å². The standard InChI is InChI=1S/C10H20NO2S/c1-8(12)6-10(14-9(2)13)7-11(3,4)5/h10H,6-7H2,1-5H3/q+1. The van der Waals surface area contributed by atoms with E-state index in [2.05, 4.69) is 21.1 Å². The summed E-state index contributed by atoms with van der Waals surface area (Å²) in [6.07, 6.45) is 0.486. The Morgan fingerprint density at radius 2 is 1.71 bits per heavy atom. The largest absolute Gasteiger partial charge is 0.330 e. The van der Waals surface area contributed by atoms with Gasteiger partial charge in [0.2, 0.25) is 0 Å². The van der Waals surface area contributed by atoms with Gasteiger partial charge in [-0.05, 0) is 6.92 Å². The fraction of sp³-hybridized carbons (Fsp3) is 0.800. The van der Waals surface area contributed by atoms with Crippen molar-refractivity contribution in [3.05, 3.63) is 0 Å². The molecule has 0 aliphatic carbocycles. The molecular formula is C10H20NO2S+. The van der Waals surface area contributed by atoms with E-state index in [0.29, 0.717) is 6.42 Å². The molecule has 1 unspecified atom stereocenters. The van der Waals surface area contributed by atoms with E-state index in [9.17, 15) is 9.59 Å². The predicted molar refractivity (Wildman–Crippen MR) is 60.3 cm³/mol. The molecule has 0 aromatic rings. The number of quaternary nitrogens is 1. The first kappa shape index (κ1) is 13.7. The van der Waals surface area contributed by atoms with Gasteiger partial charge in [-0.1, -0.05) is 11.8 Å². The number of rotatable bonds is 5. The highest BCUT2D eigenvalue weighted by molar-refractivity contribution is 8.14. The molecule has 4 heteroatoms. The Kier molecular flexibility index (Phi) is 5.37. The summed E-state index contributed by atoms with van der Waals surface area (Å²) < 4.78 is 0.776. The zero-order chi connectivity index (χ0) is 11.4. The molecule has 1 atom stereocenters. The first-order chi connectivity index (χ1) is 6.20. The van der Waals surface area contributed by atoms with Gasteiger partial charge in [0.1, 0.15) is 5.78 Å². The van der Waals surface area contributed by atoms with Crippen LogP contribution in [0.2, 0.25) is 0 Å². The van der Waals surface area contributed by atoms with Crippen molar-refractivity contribution in [3.8, 4) is 0 Å². The number of ketones is 1. The molecule has 0 fully saturated rings. The van der Waals surface area contributed by atoms with Crippen LogP contribution >= 0.6 is 11.8 Å². The molecule has 0 heterocycles. The van der Waals surface area contributed by atoms with Gasteiger partial charge in [-0.2, -0.15) is 0 Å². The van der Waals surface area contributed by atoms with Gasteiger partial charge >= 0.3 is 0 Å². The molecule has 0 bridgehead atoms. The van der Waals surface area contributed by atoms with Crippen LogP contribution in [0.1, 0.15) is 20.3 Å². The fourth-order valence-electron chi connectivity index (χ4n) is 1.31. The molecule has 0 aromatic heterocycles. The van der Waals surface area contributed by atoms with Crippen LogP contribution in [0.4, 0.5) is 0 Å². The average Bonchev–Trinajstić information content (AvgIpc) is 1.77. The maximum atomic E-state index is 11.0. The van der Waals surface area contributed by atoms with Crippen LogP contribution in [-0.2, 0) is 9.59 Å². The van der Waals surface area contributed by atoms with Crippen LogP contribution in [0.15, 0.2) is 0 Å². The van der Waals surface area contributed by atoms with Crippen molar-refractivity contribution in [2.75, 3.05) is 27.7 Å². The van der Waals surface area contributed by atoms with Crippen molar-refractivity contribution in [2.45, 2.75) is 25.5 Å². The number of hydrogen-bond acceptors (Lipinski definition) is 3. The van der Waals surface area contributed by atoms with Gasteiger partial charge in [0.05, 0.1) is 32.9 Å². The van der Waals surface area contributed by atoms with Gasteiger partial charge in [-0.15, -0.1) is 0 Å². The van der Waals surface area contributed by atoms with Crippen molar-refractivity contribution in [2.24, 2.45) is 0 Å². The maximum absolute atomic E-state index is 11.0. The van der Waals surface area contributed by atoms with E-state index in [1.54, 1.807) is 13.8 Å². The van der Waals surface area contributed by atoms with E-state index in [1.807, 2.05) is 0 Å². The minimum atomic E-state index is 0.0877. The molecule has 0 rings (SSSR count). The quantitative estimate of drug-likeness (QED) is 0.653. The van der Waals surface area contributed by atoms with Gasteiger partial charge in [0.15, 0.2) is 5.12 Å². The summed E-state index contributed by atoms with van der Waals surface area (Å²) in [4.78, 5) is 22.0. The van der Waals surface area contributed by atoms with Crippen LogP contribution < -0.4 is 0 Å². The number of hydrogen-bond donors (Lipinski definition) is 0. The third kappa shape index (κ3) is 8.26. The van der Waals surface area contributed by atoms with E-state index in [0.717, 1.165) is 11.0 Å². The second-order valence-electron chi connectivity index (χ2n) is 4.61. The highest BCUT2D eigenvalue weighted by atomic mass is 32.2. The number of thioether (sulfide) groups is 1. The van der Waals surface area contributed by atoms with E-state index >= 15 is 0 Å². The second kappa shape index (κ2) is 5.51. The molecule has 0 aliphatic rings. The molecule has 14 heavy (non-hydrogen) atoms. The van der Waals surface area contributed by atoms with Gasteiger partial charge in [0, 0.05) is 13.3 Å². The van der Waals surface area contributed by atoms with Gasteiger partial charge in [-0.25, -0.2) is 0 Å². The van der Waals surface area contributed by atoms with Crippen molar-refractivity contribution in [1.29, 1.82) is 0 Å². The molecule has 0 amide bonds. The number of carbonyl (C=O) groups excluding carboxylic acids is 2.